The summed E-state index contributed by atoms with van der Waals surface area (Å²) in [6.07, 6.45) is 5.01. The van der Waals surface area contributed by atoms with Gasteiger partial charge in [0.15, 0.2) is 0 Å². The predicted molar refractivity (Wildman–Crippen MR) is 40.6 cm³/mol. The van der Waals surface area contributed by atoms with Crippen LogP contribution in [0.25, 0.3) is 0 Å². The summed E-state index contributed by atoms with van der Waals surface area (Å²) in [4.78, 5) is 12.5. The van der Waals surface area contributed by atoms with Crippen molar-refractivity contribution in [3.8, 4) is 0 Å². The van der Waals surface area contributed by atoms with E-state index in [2.05, 4.69) is 14.8 Å². The van der Waals surface area contributed by atoms with Gasteiger partial charge in [-0.05, 0) is 0 Å². The molecule has 0 bridgehead atoms. The highest BCUT2D eigenvalue weighted by atomic mass is 16.6. The van der Waals surface area contributed by atoms with E-state index in [-0.39, 0.29) is 5.92 Å². The largest absolute Gasteiger partial charge is 0.304 e. The maximum absolute atomic E-state index is 4.92. The first-order valence-electron chi connectivity index (χ1n) is 3.42. The fraction of sp³-hybridized carbons (Fsp3) is 0.429. The lowest BCUT2D eigenvalue weighted by Crippen LogP contribution is -2.09. The molecule has 1 aromatic rings. The van der Waals surface area contributed by atoms with Gasteiger partial charge in [0.25, 0.3) is 0 Å². The maximum atomic E-state index is 4.92. The third-order valence-corrected chi connectivity index (χ3v) is 1.43. The van der Waals surface area contributed by atoms with Crippen LogP contribution in [-0.2, 0) is 4.84 Å². The summed E-state index contributed by atoms with van der Waals surface area (Å²) in [5, 5.41) is 0. The molecule has 1 aromatic heterocycles. The van der Waals surface area contributed by atoms with Crippen LogP contribution in [0.3, 0.4) is 0 Å². The normalized spacial score (nSPS) is 12.9. The van der Waals surface area contributed by atoms with E-state index < -0.39 is 0 Å². The Morgan fingerprint density at radius 1 is 1.64 bits per heavy atom. The zero-order valence-electron chi connectivity index (χ0n) is 6.40. The van der Waals surface area contributed by atoms with Crippen LogP contribution in [-0.4, -0.2) is 16.6 Å². The zero-order valence-corrected chi connectivity index (χ0v) is 6.40. The third-order valence-electron chi connectivity index (χ3n) is 1.43. The molecule has 1 heterocycles. The molecule has 0 aliphatic heterocycles. The molecule has 1 atom stereocenters. The summed E-state index contributed by atoms with van der Waals surface area (Å²) in [5.74, 6) is 5.12. The molecule has 0 amide bonds. The summed E-state index contributed by atoms with van der Waals surface area (Å²) in [6, 6.07) is 0. The summed E-state index contributed by atoms with van der Waals surface area (Å²) < 4.78 is 0. The Bertz CT molecular complexity index is 202. The maximum Gasteiger partial charge on any atom is 0.0760 e. The highest BCUT2D eigenvalue weighted by Crippen LogP contribution is 2.09. The molecule has 4 heteroatoms. The molecule has 0 saturated heterocycles. The van der Waals surface area contributed by atoms with Crippen LogP contribution >= 0.6 is 0 Å². The number of aromatic nitrogens is 2. The Hall–Kier alpha value is -1.00. The van der Waals surface area contributed by atoms with E-state index in [1.807, 2.05) is 6.92 Å². The Kier molecular flexibility index (Phi) is 2.95. The van der Waals surface area contributed by atoms with Crippen molar-refractivity contribution in [1.82, 2.24) is 9.97 Å². The molecule has 0 saturated carbocycles. The highest BCUT2D eigenvalue weighted by molar-refractivity contribution is 5.01. The van der Waals surface area contributed by atoms with Crippen LogP contribution < -0.4 is 5.90 Å². The zero-order chi connectivity index (χ0) is 8.10. The SMILES string of the molecule is CC(CON)c1cnccn1. The lowest BCUT2D eigenvalue weighted by molar-refractivity contribution is 0.125. The third kappa shape index (κ3) is 2.25. The number of nitrogens with two attached hydrogens (primary N) is 1. The number of nitrogens with zero attached hydrogens (tertiary/aromatic N) is 2. The molecule has 0 fully saturated rings. The molecule has 0 aliphatic rings. The fourth-order valence-electron chi connectivity index (χ4n) is 0.795. The molecular weight excluding hydrogens is 142 g/mol. The molecule has 0 spiro atoms. The molecule has 1 rings (SSSR count). The van der Waals surface area contributed by atoms with Crippen LogP contribution in [0.1, 0.15) is 18.5 Å². The van der Waals surface area contributed by atoms with E-state index >= 15 is 0 Å². The van der Waals surface area contributed by atoms with Gasteiger partial charge in [-0.2, -0.15) is 0 Å². The van der Waals surface area contributed by atoms with Gasteiger partial charge in [0, 0.05) is 24.5 Å². The van der Waals surface area contributed by atoms with Crippen LogP contribution in [0.15, 0.2) is 18.6 Å². The number of hydrogen-bond acceptors (Lipinski definition) is 4. The second-order valence-corrected chi connectivity index (χ2v) is 2.36. The molecule has 60 valence electrons. The molecule has 0 aromatic carbocycles. The lowest BCUT2D eigenvalue weighted by Gasteiger charge is -2.06. The summed E-state index contributed by atoms with van der Waals surface area (Å²) in [5.41, 5.74) is 0.901. The van der Waals surface area contributed by atoms with E-state index in [4.69, 9.17) is 5.90 Å². The minimum atomic E-state index is 0.202. The van der Waals surface area contributed by atoms with Crippen LogP contribution in [0.5, 0.6) is 0 Å². The van der Waals surface area contributed by atoms with Crippen LogP contribution in [0, 0.1) is 0 Å². The topological polar surface area (TPSA) is 61.0 Å². The standard InChI is InChI=1S/C7H11N3O/c1-6(5-11-8)7-4-9-2-3-10-7/h2-4,6H,5,8H2,1H3. The molecule has 11 heavy (non-hydrogen) atoms. The fourth-order valence-corrected chi connectivity index (χ4v) is 0.795. The van der Waals surface area contributed by atoms with Gasteiger partial charge in [-0.3, -0.25) is 9.97 Å². The van der Waals surface area contributed by atoms with Crippen molar-refractivity contribution in [2.45, 2.75) is 12.8 Å². The van der Waals surface area contributed by atoms with E-state index in [9.17, 15) is 0 Å². The van der Waals surface area contributed by atoms with Crippen LogP contribution in [0.2, 0.25) is 0 Å². The van der Waals surface area contributed by atoms with E-state index in [1.54, 1.807) is 18.6 Å². The smallest absolute Gasteiger partial charge is 0.0760 e. The van der Waals surface area contributed by atoms with Crippen molar-refractivity contribution in [2.75, 3.05) is 6.61 Å². The molecule has 0 aliphatic carbocycles. The first-order chi connectivity index (χ1) is 5.34. The first kappa shape index (κ1) is 8.10. The van der Waals surface area contributed by atoms with E-state index in [0.717, 1.165) is 5.69 Å². The van der Waals surface area contributed by atoms with Crippen molar-refractivity contribution in [1.29, 1.82) is 0 Å². The van der Waals surface area contributed by atoms with Crippen molar-refractivity contribution < 1.29 is 4.84 Å². The van der Waals surface area contributed by atoms with Crippen molar-refractivity contribution >= 4 is 0 Å². The molecular formula is C7H11N3O. The Morgan fingerprint density at radius 3 is 3.00 bits per heavy atom. The second kappa shape index (κ2) is 4.00. The minimum absolute atomic E-state index is 0.202. The van der Waals surface area contributed by atoms with Gasteiger partial charge < -0.3 is 4.84 Å². The second-order valence-electron chi connectivity index (χ2n) is 2.36. The first-order valence-corrected chi connectivity index (χ1v) is 3.42. The van der Waals surface area contributed by atoms with Crippen molar-refractivity contribution in [2.24, 2.45) is 5.90 Å². The van der Waals surface area contributed by atoms with Gasteiger partial charge in [0.2, 0.25) is 0 Å². The van der Waals surface area contributed by atoms with Gasteiger partial charge in [-0.1, -0.05) is 6.92 Å². The molecule has 4 nitrogen and oxygen atoms in total. The van der Waals surface area contributed by atoms with E-state index in [1.165, 1.54) is 0 Å². The van der Waals surface area contributed by atoms with Gasteiger partial charge in [-0.15, -0.1) is 0 Å². The predicted octanol–water partition coefficient (Wildman–Crippen LogP) is 0.470. The van der Waals surface area contributed by atoms with Crippen molar-refractivity contribution in [3.05, 3.63) is 24.3 Å². The Morgan fingerprint density at radius 2 is 2.45 bits per heavy atom. The van der Waals surface area contributed by atoms with Crippen LogP contribution in [0.4, 0.5) is 0 Å². The Balaban J connectivity index is 2.61. The summed E-state index contributed by atoms with van der Waals surface area (Å²) >= 11 is 0. The quantitative estimate of drug-likeness (QED) is 0.641. The lowest BCUT2D eigenvalue weighted by atomic mass is 10.1. The minimum Gasteiger partial charge on any atom is -0.304 e. The molecule has 0 radical (unpaired) electrons. The highest BCUT2D eigenvalue weighted by Gasteiger charge is 2.05. The summed E-state index contributed by atoms with van der Waals surface area (Å²) in [6.45, 7) is 2.45. The number of rotatable bonds is 3. The van der Waals surface area contributed by atoms with Gasteiger partial charge in [0.1, 0.15) is 0 Å². The Labute approximate surface area is 65.4 Å². The summed E-state index contributed by atoms with van der Waals surface area (Å²) in [7, 11) is 0. The molecule has 2 N–H and O–H groups in total. The monoisotopic (exact) mass is 153 g/mol. The average molecular weight is 153 g/mol. The van der Waals surface area contributed by atoms with Gasteiger partial charge >= 0.3 is 0 Å². The number of hydrogen-bond donors (Lipinski definition) is 1. The van der Waals surface area contributed by atoms with Gasteiger partial charge in [0.05, 0.1) is 12.3 Å². The average Bonchev–Trinajstić information content (AvgIpc) is 2.07. The molecule has 1 unspecified atom stereocenters. The van der Waals surface area contributed by atoms with Crippen molar-refractivity contribution in [3.63, 3.8) is 0 Å². The van der Waals surface area contributed by atoms with Gasteiger partial charge in [-0.25, -0.2) is 5.90 Å². The van der Waals surface area contributed by atoms with E-state index in [0.29, 0.717) is 6.61 Å².